The largest absolute Gasteiger partial charge is 0.354 e. The average Bonchev–Trinajstić information content (AvgIpc) is 2.93. The highest BCUT2D eigenvalue weighted by Gasteiger charge is 2.31. The van der Waals surface area contributed by atoms with Crippen LogP contribution >= 0.6 is 23.2 Å². The molecule has 3 rings (SSSR count). The molecule has 0 heterocycles. The van der Waals surface area contributed by atoms with Crippen LogP contribution in [0.15, 0.2) is 72.8 Å². The van der Waals surface area contributed by atoms with E-state index in [0.717, 1.165) is 22.5 Å². The van der Waals surface area contributed by atoms with Crippen LogP contribution in [0.2, 0.25) is 10.0 Å². The molecule has 0 aliphatic heterocycles. The van der Waals surface area contributed by atoms with Gasteiger partial charge in [0.1, 0.15) is 11.9 Å². The normalized spacial score (nSPS) is 12.0. The van der Waals surface area contributed by atoms with E-state index in [-0.39, 0.29) is 44.2 Å². The van der Waals surface area contributed by atoms with Crippen molar-refractivity contribution in [2.45, 2.75) is 45.2 Å². The number of hydrogen-bond donors (Lipinski definition) is 1. The third-order valence-electron chi connectivity index (χ3n) is 6.44. The predicted octanol–water partition coefficient (Wildman–Crippen LogP) is 5.85. The van der Waals surface area contributed by atoms with E-state index < -0.39 is 21.9 Å². The number of carbonyl (C=O) groups is 2. The Kier molecular flexibility index (Phi) is 12.0. The lowest BCUT2D eigenvalue weighted by atomic mass is 10.0. The first-order valence-corrected chi connectivity index (χ1v) is 15.9. The summed E-state index contributed by atoms with van der Waals surface area (Å²) in [6.45, 7) is 2.45. The lowest BCUT2D eigenvalue weighted by Crippen LogP contribution is -2.50. The number of anilines is 1. The highest BCUT2D eigenvalue weighted by molar-refractivity contribution is 7.92. The minimum absolute atomic E-state index is 0.00285. The number of benzene rings is 3. The number of rotatable bonds is 14. The van der Waals surface area contributed by atoms with Crippen molar-refractivity contribution in [3.05, 3.63) is 99.8 Å². The molecule has 0 radical (unpaired) electrons. The number of carbonyl (C=O) groups excluding carboxylic acids is 2. The second-order valence-corrected chi connectivity index (χ2v) is 12.4. The molecule has 1 N–H and O–H groups in total. The van der Waals surface area contributed by atoms with E-state index in [9.17, 15) is 22.4 Å². The van der Waals surface area contributed by atoms with Crippen LogP contribution in [0.1, 0.15) is 37.3 Å². The zero-order valence-electron chi connectivity index (χ0n) is 23.0. The number of nitrogens with one attached hydrogen (secondary N) is 1. The summed E-state index contributed by atoms with van der Waals surface area (Å²) in [7, 11) is -3.70. The molecule has 0 saturated carbocycles. The Hall–Kier alpha value is -3.14. The fraction of sp³-hybridized carbons (Fsp3) is 0.333. The van der Waals surface area contributed by atoms with Crippen LogP contribution in [-0.4, -0.2) is 50.5 Å². The van der Waals surface area contributed by atoms with Crippen LogP contribution in [0.25, 0.3) is 0 Å². The highest BCUT2D eigenvalue weighted by atomic mass is 35.5. The van der Waals surface area contributed by atoms with Crippen molar-refractivity contribution in [2.75, 3.05) is 23.7 Å². The fourth-order valence-electron chi connectivity index (χ4n) is 4.36. The Morgan fingerprint density at radius 2 is 1.68 bits per heavy atom. The number of halogens is 3. The van der Waals surface area contributed by atoms with Crippen LogP contribution in [0.4, 0.5) is 10.1 Å². The molecule has 7 nitrogen and oxygen atoms in total. The van der Waals surface area contributed by atoms with Gasteiger partial charge in [0, 0.05) is 42.5 Å². The summed E-state index contributed by atoms with van der Waals surface area (Å²) in [5.41, 5.74) is 1.80. The average molecular weight is 623 g/mol. The summed E-state index contributed by atoms with van der Waals surface area (Å²) in [6.07, 6.45) is 2.19. The summed E-state index contributed by atoms with van der Waals surface area (Å²) in [5, 5.41) is 3.72. The molecule has 11 heteroatoms. The SMILES string of the molecule is CCCNC(=O)[C@@H](Cc1ccccc1)N(Cc1ccc(Cl)cc1Cl)C(=O)CCCN(c1ccc(F)cc1)S(C)(=O)=O. The molecule has 0 aliphatic rings. The zero-order chi connectivity index (χ0) is 30.0. The van der Waals surface area contributed by atoms with E-state index in [2.05, 4.69) is 5.32 Å². The first kappa shape index (κ1) is 32.4. The quantitative estimate of drug-likeness (QED) is 0.245. The first-order chi connectivity index (χ1) is 19.5. The Morgan fingerprint density at radius 1 is 1.00 bits per heavy atom. The van der Waals surface area contributed by atoms with Gasteiger partial charge in [-0.1, -0.05) is 66.5 Å². The maximum Gasteiger partial charge on any atom is 0.243 e. The number of amides is 2. The van der Waals surface area contributed by atoms with Gasteiger partial charge in [-0.25, -0.2) is 12.8 Å². The molecule has 0 saturated heterocycles. The number of hydrogen-bond acceptors (Lipinski definition) is 4. The van der Waals surface area contributed by atoms with Crippen molar-refractivity contribution in [1.29, 1.82) is 0 Å². The van der Waals surface area contributed by atoms with Gasteiger partial charge in [-0.2, -0.15) is 0 Å². The fourth-order valence-corrected chi connectivity index (χ4v) is 5.80. The van der Waals surface area contributed by atoms with Gasteiger partial charge in [0.15, 0.2) is 0 Å². The molecule has 0 spiro atoms. The molecule has 0 fully saturated rings. The Bertz CT molecular complexity index is 1420. The summed E-state index contributed by atoms with van der Waals surface area (Å²) in [5.74, 6) is -1.12. The van der Waals surface area contributed by atoms with E-state index in [1.54, 1.807) is 18.2 Å². The smallest absolute Gasteiger partial charge is 0.243 e. The third kappa shape index (κ3) is 9.73. The molecular weight excluding hydrogens is 588 g/mol. The van der Waals surface area contributed by atoms with Crippen LogP contribution in [0.3, 0.4) is 0 Å². The molecular formula is C30H34Cl2FN3O4S. The molecule has 3 aromatic carbocycles. The van der Waals surface area contributed by atoms with Crippen molar-refractivity contribution in [3.8, 4) is 0 Å². The topological polar surface area (TPSA) is 86.8 Å². The van der Waals surface area contributed by atoms with Gasteiger partial charge in [0.2, 0.25) is 21.8 Å². The van der Waals surface area contributed by atoms with Gasteiger partial charge >= 0.3 is 0 Å². The van der Waals surface area contributed by atoms with Crippen LogP contribution in [-0.2, 0) is 32.6 Å². The van der Waals surface area contributed by atoms with Crippen molar-refractivity contribution < 1.29 is 22.4 Å². The Morgan fingerprint density at radius 3 is 2.29 bits per heavy atom. The van der Waals surface area contributed by atoms with E-state index in [4.69, 9.17) is 23.2 Å². The molecule has 0 aliphatic carbocycles. The second kappa shape index (κ2) is 15.2. The van der Waals surface area contributed by atoms with Crippen molar-refractivity contribution >= 4 is 50.7 Å². The third-order valence-corrected chi connectivity index (χ3v) is 8.22. The van der Waals surface area contributed by atoms with Gasteiger partial charge in [-0.3, -0.25) is 13.9 Å². The molecule has 3 aromatic rings. The van der Waals surface area contributed by atoms with Crippen LogP contribution in [0.5, 0.6) is 0 Å². The predicted molar refractivity (Wildman–Crippen MR) is 162 cm³/mol. The number of sulfonamides is 1. The Balaban J connectivity index is 1.89. The molecule has 0 bridgehead atoms. The summed E-state index contributed by atoms with van der Waals surface area (Å²) < 4.78 is 39.5. The summed E-state index contributed by atoms with van der Waals surface area (Å²) in [6, 6.07) is 18.6. The maximum absolute atomic E-state index is 13.8. The van der Waals surface area contributed by atoms with Crippen molar-refractivity contribution in [2.24, 2.45) is 0 Å². The molecule has 41 heavy (non-hydrogen) atoms. The molecule has 0 unspecified atom stereocenters. The number of nitrogens with zero attached hydrogens (tertiary/aromatic N) is 2. The van der Waals surface area contributed by atoms with Gasteiger partial charge in [0.25, 0.3) is 0 Å². The van der Waals surface area contributed by atoms with Crippen LogP contribution in [0, 0.1) is 5.82 Å². The maximum atomic E-state index is 13.8. The van der Waals surface area contributed by atoms with Crippen molar-refractivity contribution in [3.63, 3.8) is 0 Å². The van der Waals surface area contributed by atoms with E-state index >= 15 is 0 Å². The van der Waals surface area contributed by atoms with Gasteiger partial charge in [-0.15, -0.1) is 0 Å². The van der Waals surface area contributed by atoms with Gasteiger partial charge in [0.05, 0.1) is 11.9 Å². The second-order valence-electron chi connectivity index (χ2n) is 9.67. The van der Waals surface area contributed by atoms with E-state index in [0.29, 0.717) is 27.8 Å². The zero-order valence-corrected chi connectivity index (χ0v) is 25.4. The standard InChI is InChI=1S/C30H34Cl2FN3O4S/c1-3-17-34-30(38)28(19-22-8-5-4-6-9-22)35(21-23-11-12-24(31)20-27(23)32)29(37)10-7-18-36(41(2,39)40)26-15-13-25(33)14-16-26/h4-6,8-9,11-16,20,28H,3,7,10,17-19,21H2,1-2H3,(H,34,38)/t28-/m1/s1. The molecule has 1 atom stereocenters. The summed E-state index contributed by atoms with van der Waals surface area (Å²) >= 11 is 12.5. The Labute approximate surface area is 251 Å². The molecule has 220 valence electrons. The monoisotopic (exact) mass is 621 g/mol. The minimum Gasteiger partial charge on any atom is -0.354 e. The van der Waals surface area contributed by atoms with Crippen LogP contribution < -0.4 is 9.62 Å². The minimum atomic E-state index is -3.70. The van der Waals surface area contributed by atoms with E-state index in [1.807, 2.05) is 37.3 Å². The lowest BCUT2D eigenvalue weighted by Gasteiger charge is -2.32. The van der Waals surface area contributed by atoms with Gasteiger partial charge in [-0.05, 0) is 60.4 Å². The first-order valence-electron chi connectivity index (χ1n) is 13.3. The highest BCUT2D eigenvalue weighted by Crippen LogP contribution is 2.25. The molecule has 0 aromatic heterocycles. The van der Waals surface area contributed by atoms with Gasteiger partial charge < -0.3 is 10.2 Å². The van der Waals surface area contributed by atoms with E-state index in [1.165, 1.54) is 29.2 Å². The van der Waals surface area contributed by atoms with Crippen molar-refractivity contribution in [1.82, 2.24) is 10.2 Å². The summed E-state index contributed by atoms with van der Waals surface area (Å²) in [4.78, 5) is 28.7. The lowest BCUT2D eigenvalue weighted by molar-refractivity contribution is -0.141. The molecule has 2 amide bonds.